The molecule has 0 fully saturated rings. The van der Waals surface area contributed by atoms with Gasteiger partial charge in [0.15, 0.2) is 0 Å². The van der Waals surface area contributed by atoms with Crippen molar-refractivity contribution in [2.75, 3.05) is 7.11 Å². The summed E-state index contributed by atoms with van der Waals surface area (Å²) >= 11 is 0. The molecule has 2 aromatic carbocycles. The van der Waals surface area contributed by atoms with Crippen LogP contribution in [-0.2, 0) is 11.3 Å². The number of aliphatic hydroxyl groups excluding tert-OH is 1. The number of fused-ring (bicyclic) bond motifs is 1. The largest absolute Gasteiger partial charge is 0.465 e. The Kier molecular flexibility index (Phi) is 4.50. The number of hydrogen-bond acceptors (Lipinski definition) is 5. The summed E-state index contributed by atoms with van der Waals surface area (Å²) in [6, 6.07) is 16.2. The van der Waals surface area contributed by atoms with Crippen molar-refractivity contribution < 1.29 is 14.6 Å². The Labute approximate surface area is 160 Å². The second kappa shape index (κ2) is 7.13. The van der Waals surface area contributed by atoms with Crippen molar-refractivity contribution in [3.05, 3.63) is 88.5 Å². The lowest BCUT2D eigenvalue weighted by molar-refractivity contribution is 0.0600. The number of hydrogen-bond donors (Lipinski definition) is 1. The second-order valence-electron chi connectivity index (χ2n) is 6.17. The van der Waals surface area contributed by atoms with Gasteiger partial charge in [0.2, 0.25) is 0 Å². The number of esters is 1. The second-order valence-corrected chi connectivity index (χ2v) is 6.17. The molecule has 7 nitrogen and oxygen atoms in total. The zero-order valence-corrected chi connectivity index (χ0v) is 15.1. The van der Waals surface area contributed by atoms with E-state index < -0.39 is 5.97 Å². The first-order valence-electron chi connectivity index (χ1n) is 8.62. The molecule has 0 bridgehead atoms. The van der Waals surface area contributed by atoms with Gasteiger partial charge in [0.25, 0.3) is 5.56 Å². The van der Waals surface area contributed by atoms with Gasteiger partial charge in [-0.3, -0.25) is 4.79 Å². The Hall–Kier alpha value is -3.71. The molecule has 0 atom stereocenters. The molecule has 2 heterocycles. The number of aliphatic hydroxyl groups is 1. The normalized spacial score (nSPS) is 10.9. The highest BCUT2D eigenvalue weighted by atomic mass is 16.5. The average molecular weight is 375 g/mol. The summed E-state index contributed by atoms with van der Waals surface area (Å²) in [4.78, 5) is 25.4. The summed E-state index contributed by atoms with van der Waals surface area (Å²) < 4.78 is 7.79. The van der Waals surface area contributed by atoms with Crippen molar-refractivity contribution in [3.8, 4) is 22.6 Å². The van der Waals surface area contributed by atoms with Crippen LogP contribution in [0.3, 0.4) is 0 Å². The third-order valence-electron chi connectivity index (χ3n) is 4.52. The molecule has 7 heteroatoms. The number of nitrogens with zero attached hydrogens (tertiary/aromatic N) is 3. The predicted octanol–water partition coefficient (Wildman–Crippen LogP) is 2.41. The number of methoxy groups -OCH3 is 1. The Bertz CT molecular complexity index is 1180. The third-order valence-corrected chi connectivity index (χ3v) is 4.52. The van der Waals surface area contributed by atoms with Gasteiger partial charge in [-0.2, -0.15) is 9.78 Å². The number of benzene rings is 2. The van der Waals surface area contributed by atoms with Crippen LogP contribution in [0.5, 0.6) is 0 Å². The lowest BCUT2D eigenvalue weighted by atomic mass is 10.1. The van der Waals surface area contributed by atoms with Crippen LogP contribution < -0.4 is 5.56 Å². The maximum atomic E-state index is 13.0. The maximum Gasteiger partial charge on any atom is 0.341 e. The third kappa shape index (κ3) is 2.87. The van der Waals surface area contributed by atoms with Crippen LogP contribution >= 0.6 is 0 Å². The molecule has 0 unspecified atom stereocenters. The fraction of sp³-hybridized carbons (Fsp3) is 0.0952. The molecule has 0 spiro atoms. The summed E-state index contributed by atoms with van der Waals surface area (Å²) in [6.45, 7) is -0.178. The van der Waals surface area contributed by atoms with E-state index in [0.29, 0.717) is 16.9 Å². The minimum atomic E-state index is -0.599. The van der Waals surface area contributed by atoms with Gasteiger partial charge in [-0.15, -0.1) is 0 Å². The standard InChI is InChI=1S/C21H17N3O4/c1-28-21(27)17-12-23(18-10-6-5-7-14(18)13-25)11-16-19(17)22-24(20(16)26)15-8-3-2-4-9-15/h2-12,25H,13H2,1H3. The van der Waals surface area contributed by atoms with Crippen LogP contribution in [0.2, 0.25) is 0 Å². The highest BCUT2D eigenvalue weighted by Gasteiger charge is 2.25. The van der Waals surface area contributed by atoms with Crippen molar-refractivity contribution in [3.63, 3.8) is 0 Å². The van der Waals surface area contributed by atoms with E-state index in [2.05, 4.69) is 5.10 Å². The van der Waals surface area contributed by atoms with E-state index in [1.54, 1.807) is 53.4 Å². The molecule has 2 aliphatic rings. The first kappa shape index (κ1) is 17.7. The summed E-state index contributed by atoms with van der Waals surface area (Å²) in [5.41, 5.74) is 2.27. The van der Waals surface area contributed by atoms with Crippen LogP contribution in [0.4, 0.5) is 0 Å². The van der Waals surface area contributed by atoms with Gasteiger partial charge in [-0.25, -0.2) is 4.79 Å². The van der Waals surface area contributed by atoms with Crippen LogP contribution in [0.15, 0.2) is 71.8 Å². The van der Waals surface area contributed by atoms with E-state index in [4.69, 9.17) is 4.74 Å². The predicted molar refractivity (Wildman–Crippen MR) is 103 cm³/mol. The van der Waals surface area contributed by atoms with Crippen molar-refractivity contribution in [1.29, 1.82) is 0 Å². The molecule has 0 saturated heterocycles. The first-order valence-corrected chi connectivity index (χ1v) is 8.62. The Balaban J connectivity index is 2.02. The van der Waals surface area contributed by atoms with Crippen molar-refractivity contribution in [2.24, 2.45) is 0 Å². The maximum absolute atomic E-state index is 13.0. The van der Waals surface area contributed by atoms with Gasteiger partial charge in [0, 0.05) is 18.0 Å². The average Bonchev–Trinajstić information content (AvgIpc) is 3.09. The lowest BCUT2D eigenvalue weighted by Crippen LogP contribution is -2.15. The number of rotatable bonds is 4. The van der Waals surface area contributed by atoms with E-state index in [0.717, 1.165) is 0 Å². The monoisotopic (exact) mass is 375 g/mol. The Morgan fingerprint density at radius 3 is 2.50 bits per heavy atom. The quantitative estimate of drug-likeness (QED) is 0.554. The smallest absolute Gasteiger partial charge is 0.341 e. The molecule has 2 aliphatic heterocycles. The van der Waals surface area contributed by atoms with E-state index >= 15 is 0 Å². The SMILES string of the molecule is COC(=O)c1cn(-c2ccccc2CO)cc2c(=O)n(-c3ccccc3)nc1-2. The Morgan fingerprint density at radius 1 is 1.07 bits per heavy atom. The number of para-hydroxylation sites is 2. The van der Waals surface area contributed by atoms with E-state index in [-0.39, 0.29) is 29.0 Å². The molecule has 28 heavy (non-hydrogen) atoms. The molecule has 2 aromatic rings. The number of pyridine rings is 1. The zero-order valence-electron chi connectivity index (χ0n) is 15.1. The van der Waals surface area contributed by atoms with Gasteiger partial charge in [0.05, 0.1) is 30.7 Å². The molecule has 0 radical (unpaired) electrons. The number of carbonyl (C=O) groups is 1. The topological polar surface area (TPSA) is 86.4 Å². The van der Waals surface area contributed by atoms with Gasteiger partial charge in [0.1, 0.15) is 11.3 Å². The van der Waals surface area contributed by atoms with Crippen LogP contribution in [0.1, 0.15) is 15.9 Å². The van der Waals surface area contributed by atoms with Gasteiger partial charge >= 0.3 is 5.97 Å². The van der Waals surface area contributed by atoms with Crippen LogP contribution in [0.25, 0.3) is 22.6 Å². The molecular formula is C21H17N3O4. The van der Waals surface area contributed by atoms with Crippen molar-refractivity contribution in [1.82, 2.24) is 14.3 Å². The fourth-order valence-corrected chi connectivity index (χ4v) is 3.15. The minimum absolute atomic E-state index is 0.166. The molecule has 0 amide bonds. The lowest BCUT2D eigenvalue weighted by Gasteiger charge is -2.14. The van der Waals surface area contributed by atoms with Crippen LogP contribution in [0, 0.1) is 0 Å². The number of carbonyl (C=O) groups excluding carboxylic acids is 1. The van der Waals surface area contributed by atoms with Gasteiger partial charge in [-0.1, -0.05) is 36.4 Å². The van der Waals surface area contributed by atoms with E-state index in [1.807, 2.05) is 18.2 Å². The van der Waals surface area contributed by atoms with Gasteiger partial charge in [-0.05, 0) is 18.2 Å². The minimum Gasteiger partial charge on any atom is -0.465 e. The zero-order chi connectivity index (χ0) is 19.7. The highest BCUT2D eigenvalue weighted by Crippen LogP contribution is 2.26. The van der Waals surface area contributed by atoms with Crippen molar-refractivity contribution in [2.45, 2.75) is 6.61 Å². The first-order chi connectivity index (χ1) is 13.6. The molecular weight excluding hydrogens is 358 g/mol. The summed E-state index contributed by atoms with van der Waals surface area (Å²) in [5, 5.41) is 14.0. The molecule has 0 aromatic heterocycles. The summed E-state index contributed by atoms with van der Waals surface area (Å²) in [5.74, 6) is -0.599. The summed E-state index contributed by atoms with van der Waals surface area (Å²) in [6.07, 6.45) is 3.18. The number of ether oxygens (including phenoxy) is 1. The fourth-order valence-electron chi connectivity index (χ4n) is 3.15. The van der Waals surface area contributed by atoms with E-state index in [1.165, 1.54) is 11.8 Å². The number of aromatic nitrogens is 3. The molecule has 0 aliphatic carbocycles. The van der Waals surface area contributed by atoms with Crippen molar-refractivity contribution >= 4 is 5.97 Å². The Morgan fingerprint density at radius 2 is 1.79 bits per heavy atom. The molecule has 4 rings (SSSR count). The molecule has 0 saturated carbocycles. The van der Waals surface area contributed by atoms with Gasteiger partial charge < -0.3 is 14.4 Å². The molecule has 140 valence electrons. The van der Waals surface area contributed by atoms with Crippen LogP contribution in [-0.4, -0.2) is 32.5 Å². The highest BCUT2D eigenvalue weighted by molar-refractivity contribution is 5.96. The summed E-state index contributed by atoms with van der Waals surface area (Å²) in [7, 11) is 1.28. The molecule has 1 N–H and O–H groups in total. The van der Waals surface area contributed by atoms with E-state index in [9.17, 15) is 14.7 Å².